The summed E-state index contributed by atoms with van der Waals surface area (Å²) in [5.74, 6) is -0.961. The summed E-state index contributed by atoms with van der Waals surface area (Å²) >= 11 is 0. The third-order valence-electron chi connectivity index (χ3n) is 2.10. The summed E-state index contributed by atoms with van der Waals surface area (Å²) in [7, 11) is 0. The first kappa shape index (κ1) is 11.4. The van der Waals surface area contributed by atoms with Crippen molar-refractivity contribution < 1.29 is 14.3 Å². The zero-order valence-corrected chi connectivity index (χ0v) is 8.90. The topological polar surface area (TPSA) is 43.4 Å². The summed E-state index contributed by atoms with van der Waals surface area (Å²) in [6, 6.07) is 9.66. The summed E-state index contributed by atoms with van der Waals surface area (Å²) in [6.45, 7) is 3.15. The third-order valence-corrected chi connectivity index (χ3v) is 2.10. The van der Waals surface area contributed by atoms with Crippen LogP contribution in [0.25, 0.3) is 0 Å². The number of hydrogen-bond donors (Lipinski definition) is 0. The molecule has 0 bridgehead atoms. The van der Waals surface area contributed by atoms with Gasteiger partial charge < -0.3 is 4.74 Å². The van der Waals surface area contributed by atoms with Gasteiger partial charge in [-0.1, -0.05) is 37.3 Å². The van der Waals surface area contributed by atoms with E-state index in [-0.39, 0.29) is 12.3 Å². The quantitative estimate of drug-likeness (QED) is 0.562. The molecule has 0 spiro atoms. The van der Waals surface area contributed by atoms with Crippen LogP contribution < -0.4 is 0 Å². The number of esters is 2. The van der Waals surface area contributed by atoms with Crippen molar-refractivity contribution in [3.8, 4) is 0 Å². The van der Waals surface area contributed by atoms with E-state index in [1.807, 2.05) is 37.3 Å². The molecule has 0 aliphatic carbocycles. The zero-order chi connectivity index (χ0) is 11.3. The fraction of sp³-hybridized carbons (Fsp3) is 0.333. The molecule has 3 nitrogen and oxygen atoms in total. The molecule has 0 saturated carbocycles. The smallest absolute Gasteiger partial charge is 0.314 e. The van der Waals surface area contributed by atoms with E-state index in [9.17, 15) is 9.59 Å². The Kier molecular flexibility index (Phi) is 4.03. The number of benzene rings is 1. The molecule has 80 valence electrons. The van der Waals surface area contributed by atoms with Crippen molar-refractivity contribution in [2.24, 2.45) is 0 Å². The van der Waals surface area contributed by atoms with Crippen LogP contribution in [0.4, 0.5) is 0 Å². The second-order valence-electron chi connectivity index (χ2n) is 3.48. The summed E-state index contributed by atoms with van der Waals surface area (Å²) in [4.78, 5) is 21.7. The van der Waals surface area contributed by atoms with Gasteiger partial charge in [0.15, 0.2) is 0 Å². The van der Waals surface area contributed by atoms with Crippen LogP contribution in [-0.4, -0.2) is 11.9 Å². The minimum atomic E-state index is -0.555. The van der Waals surface area contributed by atoms with Gasteiger partial charge in [-0.2, -0.15) is 0 Å². The zero-order valence-electron chi connectivity index (χ0n) is 8.90. The first-order valence-corrected chi connectivity index (χ1v) is 4.86. The number of carbonyl (C=O) groups is 2. The van der Waals surface area contributed by atoms with Gasteiger partial charge in [0.2, 0.25) is 0 Å². The van der Waals surface area contributed by atoms with E-state index < -0.39 is 11.9 Å². The Morgan fingerprint density at radius 1 is 1.27 bits per heavy atom. The van der Waals surface area contributed by atoms with Crippen LogP contribution in [-0.2, 0) is 14.3 Å². The predicted octanol–water partition coefficient (Wildman–Crippen LogP) is 2.27. The predicted molar refractivity (Wildman–Crippen MR) is 56.2 cm³/mol. The van der Waals surface area contributed by atoms with Crippen molar-refractivity contribution in [2.45, 2.75) is 26.2 Å². The van der Waals surface area contributed by atoms with Crippen LogP contribution in [0.1, 0.15) is 31.7 Å². The molecular weight excluding hydrogens is 192 g/mol. The van der Waals surface area contributed by atoms with Crippen molar-refractivity contribution in [3.05, 3.63) is 35.9 Å². The molecule has 0 aliphatic heterocycles. The lowest BCUT2D eigenvalue weighted by Gasteiger charge is -2.09. The maximum Gasteiger partial charge on any atom is 0.314 e. The molecule has 1 aromatic rings. The van der Waals surface area contributed by atoms with E-state index in [2.05, 4.69) is 4.74 Å². The highest BCUT2D eigenvalue weighted by Crippen LogP contribution is 2.18. The van der Waals surface area contributed by atoms with Crippen molar-refractivity contribution in [2.75, 3.05) is 0 Å². The lowest BCUT2D eigenvalue weighted by molar-refractivity contribution is -0.158. The van der Waals surface area contributed by atoms with Crippen LogP contribution in [0.3, 0.4) is 0 Å². The van der Waals surface area contributed by atoms with E-state index in [0.29, 0.717) is 0 Å². The van der Waals surface area contributed by atoms with Gasteiger partial charge in [-0.15, -0.1) is 0 Å². The largest absolute Gasteiger partial charge is 0.393 e. The molecule has 0 amide bonds. The lowest BCUT2D eigenvalue weighted by Crippen LogP contribution is -2.11. The minimum absolute atomic E-state index is 0.0676. The summed E-state index contributed by atoms with van der Waals surface area (Å²) in [6.07, 6.45) is 0.226. The monoisotopic (exact) mass is 206 g/mol. The Balaban J connectivity index is 2.53. The molecule has 0 aliphatic rings. The molecule has 0 radical (unpaired) electrons. The molecule has 0 saturated heterocycles. The Morgan fingerprint density at radius 2 is 1.87 bits per heavy atom. The Morgan fingerprint density at radius 3 is 2.40 bits per heavy atom. The van der Waals surface area contributed by atoms with Gasteiger partial charge in [0.1, 0.15) is 0 Å². The van der Waals surface area contributed by atoms with Crippen LogP contribution in [0.15, 0.2) is 30.3 Å². The highest BCUT2D eigenvalue weighted by Gasteiger charge is 2.13. The molecule has 0 fully saturated rings. The standard InChI is InChI=1S/C12H14O3/c1-9(8-12(14)15-10(2)13)11-6-4-3-5-7-11/h3-7,9H,8H2,1-2H3. The van der Waals surface area contributed by atoms with E-state index in [1.165, 1.54) is 6.92 Å². The van der Waals surface area contributed by atoms with E-state index in [4.69, 9.17) is 0 Å². The van der Waals surface area contributed by atoms with Crippen LogP contribution in [0.5, 0.6) is 0 Å². The molecule has 15 heavy (non-hydrogen) atoms. The van der Waals surface area contributed by atoms with Gasteiger partial charge in [-0.05, 0) is 11.5 Å². The molecule has 1 atom stereocenters. The van der Waals surface area contributed by atoms with Crippen LogP contribution in [0.2, 0.25) is 0 Å². The average Bonchev–Trinajstić information content (AvgIpc) is 2.17. The summed E-state index contributed by atoms with van der Waals surface area (Å²) < 4.78 is 4.46. The fourth-order valence-electron chi connectivity index (χ4n) is 1.35. The number of carbonyl (C=O) groups excluding carboxylic acids is 2. The van der Waals surface area contributed by atoms with E-state index in [1.54, 1.807) is 0 Å². The molecule has 0 aromatic heterocycles. The molecule has 1 rings (SSSR count). The van der Waals surface area contributed by atoms with Crippen molar-refractivity contribution in [1.82, 2.24) is 0 Å². The molecular formula is C12H14O3. The van der Waals surface area contributed by atoms with E-state index in [0.717, 1.165) is 5.56 Å². The summed E-state index contributed by atoms with van der Waals surface area (Å²) in [5.41, 5.74) is 1.07. The van der Waals surface area contributed by atoms with Gasteiger partial charge in [-0.3, -0.25) is 9.59 Å². The first-order valence-electron chi connectivity index (χ1n) is 4.86. The molecule has 1 aromatic carbocycles. The van der Waals surface area contributed by atoms with Crippen molar-refractivity contribution in [1.29, 1.82) is 0 Å². The SMILES string of the molecule is CC(=O)OC(=O)CC(C)c1ccccc1. The summed E-state index contributed by atoms with van der Waals surface area (Å²) in [5, 5.41) is 0. The molecule has 1 unspecified atom stereocenters. The second-order valence-corrected chi connectivity index (χ2v) is 3.48. The highest BCUT2D eigenvalue weighted by molar-refractivity contribution is 5.84. The fourth-order valence-corrected chi connectivity index (χ4v) is 1.35. The molecule has 3 heteroatoms. The van der Waals surface area contributed by atoms with Crippen molar-refractivity contribution >= 4 is 11.9 Å². The van der Waals surface area contributed by atoms with Crippen LogP contribution in [0, 0.1) is 0 Å². The van der Waals surface area contributed by atoms with E-state index >= 15 is 0 Å². The first-order chi connectivity index (χ1) is 7.09. The van der Waals surface area contributed by atoms with Gasteiger partial charge >= 0.3 is 11.9 Å². The normalized spacial score (nSPS) is 11.9. The van der Waals surface area contributed by atoms with Crippen LogP contribution >= 0.6 is 0 Å². The van der Waals surface area contributed by atoms with Gasteiger partial charge in [0, 0.05) is 6.92 Å². The Bertz CT molecular complexity index is 343. The number of rotatable bonds is 3. The molecule has 0 heterocycles. The Labute approximate surface area is 89.1 Å². The van der Waals surface area contributed by atoms with Gasteiger partial charge in [0.05, 0.1) is 6.42 Å². The maximum absolute atomic E-state index is 11.2. The Hall–Kier alpha value is -1.64. The maximum atomic E-state index is 11.2. The van der Waals surface area contributed by atoms with Crippen molar-refractivity contribution in [3.63, 3.8) is 0 Å². The van der Waals surface area contributed by atoms with Gasteiger partial charge in [-0.25, -0.2) is 0 Å². The molecule has 0 N–H and O–H groups in total. The van der Waals surface area contributed by atoms with Gasteiger partial charge in [0.25, 0.3) is 0 Å². The lowest BCUT2D eigenvalue weighted by atomic mass is 9.98. The number of ether oxygens (including phenoxy) is 1. The highest BCUT2D eigenvalue weighted by atomic mass is 16.6. The third kappa shape index (κ3) is 3.94. The average molecular weight is 206 g/mol. The second kappa shape index (κ2) is 5.29. The number of hydrogen-bond acceptors (Lipinski definition) is 3. The minimum Gasteiger partial charge on any atom is -0.393 e.